The van der Waals surface area contributed by atoms with Gasteiger partial charge in [-0.05, 0) is 77.4 Å². The highest BCUT2D eigenvalue weighted by Gasteiger charge is 2.26. The van der Waals surface area contributed by atoms with Crippen LogP contribution in [0.1, 0.15) is 12.5 Å². The minimum atomic E-state index is -0.611. The van der Waals surface area contributed by atoms with Gasteiger partial charge in [0.15, 0.2) is 12.7 Å². The first-order valence-electron chi connectivity index (χ1n) is 13.7. The van der Waals surface area contributed by atoms with Crippen LogP contribution in [0.2, 0.25) is 0 Å². The van der Waals surface area contributed by atoms with Crippen molar-refractivity contribution < 1.29 is 9.88 Å². The molecule has 7 rings (SSSR count). The molecule has 0 bridgehead atoms. The van der Waals surface area contributed by atoms with Crippen LogP contribution in [-0.4, -0.2) is 6.54 Å². The van der Waals surface area contributed by atoms with Gasteiger partial charge in [0.1, 0.15) is 6.54 Å². The molecule has 2 nitrogen and oxygen atoms in total. The van der Waals surface area contributed by atoms with E-state index in [0.717, 1.165) is 13.1 Å². The number of aromatic nitrogens is 1. The van der Waals surface area contributed by atoms with Crippen molar-refractivity contribution in [2.75, 3.05) is 6.54 Å². The molecule has 0 unspecified atom stereocenters. The predicted octanol–water partition coefficient (Wildman–Crippen LogP) is 5.95. The molecular formula is C36H31N2P+2. The summed E-state index contributed by atoms with van der Waals surface area (Å²) < 4.78 is 2.45. The van der Waals surface area contributed by atoms with Gasteiger partial charge < -0.3 is 5.32 Å². The summed E-state index contributed by atoms with van der Waals surface area (Å²) >= 11 is 0. The first kappa shape index (κ1) is 24.0. The van der Waals surface area contributed by atoms with E-state index in [0.29, 0.717) is 0 Å². The van der Waals surface area contributed by atoms with Gasteiger partial charge >= 0.3 is 0 Å². The highest BCUT2D eigenvalue weighted by atomic mass is 31.1. The van der Waals surface area contributed by atoms with Crippen molar-refractivity contribution in [2.45, 2.75) is 13.5 Å². The van der Waals surface area contributed by atoms with Gasteiger partial charge in [0, 0.05) is 11.1 Å². The number of nitrogens with zero attached hydrogens (tertiary/aromatic N) is 1. The molecule has 39 heavy (non-hydrogen) atoms. The number of nitrogens with two attached hydrogens (primary N) is 1. The molecular weight excluding hydrogens is 491 g/mol. The maximum atomic E-state index is 2.45. The number of pyridine rings is 1. The Kier molecular flexibility index (Phi) is 6.29. The Hall–Kier alpha value is -4.10. The monoisotopic (exact) mass is 522 g/mol. The minimum Gasteiger partial charge on any atom is -0.302 e. The first-order valence-corrected chi connectivity index (χ1v) is 15.0. The summed E-state index contributed by atoms with van der Waals surface area (Å²) in [5.74, 6) is 0. The lowest BCUT2D eigenvalue weighted by atomic mass is 9.99. The zero-order valence-electron chi connectivity index (χ0n) is 22.1. The lowest BCUT2D eigenvalue weighted by Crippen LogP contribution is -2.83. The zero-order chi connectivity index (χ0) is 26.2. The van der Waals surface area contributed by atoms with Gasteiger partial charge in [-0.25, -0.2) is 0 Å². The van der Waals surface area contributed by atoms with E-state index >= 15 is 0 Å². The molecule has 1 aliphatic heterocycles. The first-order chi connectivity index (χ1) is 19.3. The number of fused-ring (bicyclic) bond motifs is 1. The van der Waals surface area contributed by atoms with Crippen LogP contribution in [0.25, 0.3) is 38.9 Å². The highest BCUT2D eigenvalue weighted by Crippen LogP contribution is 2.35. The van der Waals surface area contributed by atoms with Crippen LogP contribution in [0.15, 0.2) is 128 Å². The topological polar surface area (TPSA) is 20.5 Å². The van der Waals surface area contributed by atoms with Gasteiger partial charge in [-0.2, -0.15) is 4.57 Å². The second-order valence-corrected chi connectivity index (χ2v) is 12.4. The Bertz CT molecular complexity index is 1800. The van der Waals surface area contributed by atoms with Crippen molar-refractivity contribution in [1.29, 1.82) is 0 Å². The summed E-state index contributed by atoms with van der Waals surface area (Å²) in [6.45, 7) is 4.18. The van der Waals surface area contributed by atoms with Crippen LogP contribution in [0.4, 0.5) is 5.69 Å². The van der Waals surface area contributed by atoms with Crippen LogP contribution >= 0.6 is 7.92 Å². The zero-order valence-corrected chi connectivity index (χ0v) is 23.0. The Morgan fingerprint density at radius 2 is 1.33 bits per heavy atom. The highest BCUT2D eigenvalue weighted by molar-refractivity contribution is 7.79. The van der Waals surface area contributed by atoms with E-state index in [1.165, 1.54) is 60.0 Å². The van der Waals surface area contributed by atoms with Gasteiger partial charge in [0.2, 0.25) is 5.69 Å². The molecule has 2 heterocycles. The molecule has 1 aliphatic rings. The fourth-order valence-corrected chi connectivity index (χ4v) is 8.22. The summed E-state index contributed by atoms with van der Waals surface area (Å²) in [5, 5.41) is 10.4. The van der Waals surface area contributed by atoms with Crippen LogP contribution in [0.3, 0.4) is 0 Å². The molecule has 5 aromatic carbocycles. The van der Waals surface area contributed by atoms with Gasteiger partial charge in [0.05, 0.1) is 5.39 Å². The molecule has 3 heteroatoms. The Morgan fingerprint density at radius 3 is 2.08 bits per heavy atom. The van der Waals surface area contributed by atoms with Crippen LogP contribution < -0.4 is 25.8 Å². The van der Waals surface area contributed by atoms with Gasteiger partial charge in [0.25, 0.3) is 5.52 Å². The summed E-state index contributed by atoms with van der Waals surface area (Å²) in [7, 11) is -0.611. The van der Waals surface area contributed by atoms with Crippen LogP contribution in [0.5, 0.6) is 0 Å². The molecule has 2 N–H and O–H groups in total. The van der Waals surface area contributed by atoms with E-state index < -0.39 is 7.92 Å². The van der Waals surface area contributed by atoms with Crippen molar-refractivity contribution in [1.82, 2.24) is 0 Å². The largest absolute Gasteiger partial charge is 0.302 e. The molecule has 0 saturated heterocycles. The average Bonchev–Trinajstić information content (AvgIpc) is 2.99. The number of allylic oxidation sites excluding steroid dienone is 1. The number of hydrogen-bond donors (Lipinski definition) is 1. The SMILES string of the molecule is C/C=C\c1ccc2cc(-c3ccc4cc(P(c5ccccc5)c5ccccc5)ccc4c3)c[n+]3c2c1[NH2+]CC3. The standard InChI is InChI=1S/C36H30N2P/c1-2-9-26-14-17-30-23-31(25-38-21-20-37-35(26)36(30)38)28-15-16-29-24-34(19-18-27(29)22-28)39(32-10-5-3-6-11-32)33-12-7-4-8-13-33/h2-19,22-25,37H,20-21H2,1H3/q+1/p+1/b9-2-. The lowest BCUT2D eigenvalue weighted by molar-refractivity contribution is -0.733. The molecule has 1 aromatic heterocycles. The molecule has 0 aliphatic carbocycles. The van der Waals surface area contributed by atoms with E-state index in [1.807, 2.05) is 0 Å². The van der Waals surface area contributed by atoms with Gasteiger partial charge in [-0.3, -0.25) is 0 Å². The quantitative estimate of drug-likeness (QED) is 0.164. The molecule has 0 fully saturated rings. The third-order valence-electron chi connectivity index (χ3n) is 7.68. The van der Waals surface area contributed by atoms with E-state index in [9.17, 15) is 0 Å². The van der Waals surface area contributed by atoms with Crippen molar-refractivity contribution in [3.05, 3.63) is 133 Å². The fraction of sp³-hybridized carbons (Fsp3) is 0.0833. The van der Waals surface area contributed by atoms with E-state index in [-0.39, 0.29) is 0 Å². The molecule has 0 amide bonds. The lowest BCUT2D eigenvalue weighted by Gasteiger charge is -2.20. The molecule has 0 spiro atoms. The van der Waals surface area contributed by atoms with Crippen molar-refractivity contribution >= 4 is 57.3 Å². The normalized spacial score (nSPS) is 13.1. The summed E-state index contributed by atoms with van der Waals surface area (Å²) in [6, 6.07) is 42.7. The van der Waals surface area contributed by atoms with E-state index in [1.54, 1.807) is 0 Å². The third-order valence-corrected chi connectivity index (χ3v) is 10.1. The van der Waals surface area contributed by atoms with E-state index in [4.69, 9.17) is 0 Å². The molecule has 0 saturated carbocycles. The predicted molar refractivity (Wildman–Crippen MR) is 167 cm³/mol. The summed E-state index contributed by atoms with van der Waals surface area (Å²) in [6.07, 6.45) is 6.69. The summed E-state index contributed by atoms with van der Waals surface area (Å²) in [5.41, 5.74) is 6.56. The minimum absolute atomic E-state index is 0.611. The van der Waals surface area contributed by atoms with Crippen molar-refractivity contribution in [3.8, 4) is 11.1 Å². The average molecular weight is 523 g/mol. The maximum absolute atomic E-state index is 2.45. The second-order valence-electron chi connectivity index (χ2n) is 10.2. The van der Waals surface area contributed by atoms with Crippen LogP contribution in [-0.2, 0) is 6.54 Å². The maximum Gasteiger partial charge on any atom is 0.274 e. The Labute approximate surface area is 231 Å². The van der Waals surface area contributed by atoms with Gasteiger partial charge in [-0.1, -0.05) is 97.1 Å². The van der Waals surface area contributed by atoms with Crippen molar-refractivity contribution in [2.24, 2.45) is 0 Å². The molecule has 0 atom stereocenters. The molecule has 188 valence electrons. The number of quaternary nitrogens is 1. The summed E-state index contributed by atoms with van der Waals surface area (Å²) in [4.78, 5) is 0. The van der Waals surface area contributed by atoms with Gasteiger partial charge in [-0.15, -0.1) is 0 Å². The Balaban J connectivity index is 1.30. The molecule has 6 aromatic rings. The molecule has 0 radical (unpaired) electrons. The number of rotatable bonds is 5. The third kappa shape index (κ3) is 4.46. The fourth-order valence-electron chi connectivity index (χ4n) is 5.89. The van der Waals surface area contributed by atoms with Crippen molar-refractivity contribution in [3.63, 3.8) is 0 Å². The van der Waals surface area contributed by atoms with Crippen LogP contribution in [0, 0.1) is 0 Å². The number of benzene rings is 5. The Morgan fingerprint density at radius 1 is 0.667 bits per heavy atom. The number of hydrogen-bond acceptors (Lipinski definition) is 0. The second kappa shape index (κ2) is 10.2. The van der Waals surface area contributed by atoms with E-state index in [2.05, 4.69) is 150 Å². The smallest absolute Gasteiger partial charge is 0.274 e.